The number of para-hydroxylation sites is 1. The Bertz CT molecular complexity index is 750. The van der Waals surface area contributed by atoms with Crippen molar-refractivity contribution >= 4 is 41.2 Å². The molecule has 1 fully saturated rings. The number of nitrogens with zero attached hydrogens (tertiary/aromatic N) is 2. The molecule has 1 N–H and O–H groups in total. The molecule has 1 aliphatic carbocycles. The van der Waals surface area contributed by atoms with E-state index in [0.717, 1.165) is 16.6 Å². The van der Waals surface area contributed by atoms with E-state index in [0.29, 0.717) is 9.87 Å². The number of aromatic nitrogens is 2. The minimum Gasteiger partial charge on any atom is -0.355 e. The van der Waals surface area contributed by atoms with Gasteiger partial charge in [0.1, 0.15) is 0 Å². The molecular weight excluding hydrogens is 370 g/mol. The van der Waals surface area contributed by atoms with Gasteiger partial charge in [-0.25, -0.2) is 4.68 Å². The zero-order chi connectivity index (χ0) is 17.6. The maximum Gasteiger partial charge on any atom is 0.233 e. The minimum absolute atomic E-state index is 0.0861. The Labute approximate surface area is 162 Å². The highest BCUT2D eigenvalue weighted by molar-refractivity contribution is 8.02. The average Bonchev–Trinajstić information content (AvgIpc) is 3.01. The fraction of sp³-hybridized carbons (Fsp3) is 0.500. The molecule has 1 saturated carbocycles. The lowest BCUT2D eigenvalue weighted by Crippen LogP contribution is -2.35. The monoisotopic (exact) mass is 393 g/mol. The first-order chi connectivity index (χ1) is 12.1. The number of benzene rings is 1. The van der Waals surface area contributed by atoms with Crippen molar-refractivity contribution in [2.24, 2.45) is 5.92 Å². The van der Waals surface area contributed by atoms with Crippen LogP contribution in [0.4, 0.5) is 0 Å². The van der Waals surface area contributed by atoms with Gasteiger partial charge in [0.2, 0.25) is 5.91 Å². The highest BCUT2D eigenvalue weighted by atomic mass is 32.2. The maximum absolute atomic E-state index is 12.4. The summed E-state index contributed by atoms with van der Waals surface area (Å²) in [6.45, 7) is 2.73. The quantitative estimate of drug-likeness (QED) is 0.563. The van der Waals surface area contributed by atoms with Gasteiger partial charge in [-0.05, 0) is 50.0 Å². The van der Waals surface area contributed by atoms with E-state index in [-0.39, 0.29) is 11.2 Å². The Morgan fingerprint density at radius 2 is 2.08 bits per heavy atom. The molecule has 134 valence electrons. The first-order valence-electron chi connectivity index (χ1n) is 8.73. The Morgan fingerprint density at radius 1 is 1.36 bits per heavy atom. The fourth-order valence-corrected chi connectivity index (χ4v) is 5.56. The molecular formula is C18H23N3OS3. The molecule has 4 nitrogen and oxygen atoms in total. The van der Waals surface area contributed by atoms with Gasteiger partial charge >= 0.3 is 0 Å². The van der Waals surface area contributed by atoms with Crippen molar-refractivity contribution in [3.05, 3.63) is 34.3 Å². The summed E-state index contributed by atoms with van der Waals surface area (Å²) < 4.78 is 3.28. The summed E-state index contributed by atoms with van der Waals surface area (Å²) in [4.78, 5) is 12.4. The Kier molecular flexibility index (Phi) is 6.67. The van der Waals surface area contributed by atoms with Gasteiger partial charge in [-0.2, -0.15) is 0 Å². The Morgan fingerprint density at radius 3 is 2.80 bits per heavy atom. The van der Waals surface area contributed by atoms with E-state index in [1.807, 2.05) is 37.3 Å². The van der Waals surface area contributed by atoms with Gasteiger partial charge in [-0.1, -0.05) is 60.6 Å². The van der Waals surface area contributed by atoms with E-state index in [4.69, 9.17) is 12.2 Å². The van der Waals surface area contributed by atoms with Crippen LogP contribution in [0.3, 0.4) is 0 Å². The molecule has 0 radical (unpaired) electrons. The first-order valence-corrected chi connectivity index (χ1v) is 10.8. The van der Waals surface area contributed by atoms with Crippen LogP contribution in [0.25, 0.3) is 5.69 Å². The second-order valence-electron chi connectivity index (χ2n) is 6.39. The van der Waals surface area contributed by atoms with Crippen molar-refractivity contribution in [1.29, 1.82) is 0 Å². The summed E-state index contributed by atoms with van der Waals surface area (Å²) in [5.41, 5.74) is 0.949. The Balaban J connectivity index is 1.56. The van der Waals surface area contributed by atoms with Gasteiger partial charge in [-0.15, -0.1) is 5.10 Å². The molecule has 1 aliphatic rings. The summed E-state index contributed by atoms with van der Waals surface area (Å²) in [6, 6.07) is 9.84. The van der Waals surface area contributed by atoms with Gasteiger partial charge < -0.3 is 5.32 Å². The van der Waals surface area contributed by atoms with Crippen LogP contribution in [0, 0.1) is 9.87 Å². The van der Waals surface area contributed by atoms with Crippen molar-refractivity contribution in [3.8, 4) is 5.69 Å². The SMILES string of the molecule is C[C@@H](Sc1nn(-c2ccccc2)c(=S)s1)C(=O)NCC1CCCCC1. The van der Waals surface area contributed by atoms with Gasteiger partial charge in [0.15, 0.2) is 8.29 Å². The molecule has 0 bridgehead atoms. The van der Waals surface area contributed by atoms with E-state index in [9.17, 15) is 4.79 Å². The van der Waals surface area contributed by atoms with Crippen LogP contribution in [0.15, 0.2) is 34.7 Å². The van der Waals surface area contributed by atoms with Crippen LogP contribution in [0.2, 0.25) is 0 Å². The number of thioether (sulfide) groups is 1. The van der Waals surface area contributed by atoms with Crippen LogP contribution < -0.4 is 5.32 Å². The van der Waals surface area contributed by atoms with Crippen LogP contribution in [0.5, 0.6) is 0 Å². The summed E-state index contributed by atoms with van der Waals surface area (Å²) in [7, 11) is 0. The normalized spacial score (nSPS) is 16.5. The summed E-state index contributed by atoms with van der Waals surface area (Å²) in [5, 5.41) is 7.50. The summed E-state index contributed by atoms with van der Waals surface area (Å²) >= 11 is 8.34. The molecule has 1 atom stereocenters. The lowest BCUT2D eigenvalue weighted by molar-refractivity contribution is -0.120. The lowest BCUT2D eigenvalue weighted by atomic mass is 9.89. The second-order valence-corrected chi connectivity index (χ2v) is 9.60. The molecule has 0 spiro atoms. The zero-order valence-corrected chi connectivity index (χ0v) is 16.8. The van der Waals surface area contributed by atoms with Crippen molar-refractivity contribution in [2.75, 3.05) is 6.54 Å². The molecule has 0 saturated heterocycles. The number of carbonyl (C=O) groups excluding carboxylic acids is 1. The van der Waals surface area contributed by atoms with Crippen molar-refractivity contribution in [3.63, 3.8) is 0 Å². The second kappa shape index (κ2) is 8.96. The van der Waals surface area contributed by atoms with Crippen molar-refractivity contribution < 1.29 is 4.79 Å². The highest BCUT2D eigenvalue weighted by Crippen LogP contribution is 2.28. The largest absolute Gasteiger partial charge is 0.355 e. The van der Waals surface area contributed by atoms with E-state index >= 15 is 0 Å². The maximum atomic E-state index is 12.4. The van der Waals surface area contributed by atoms with Gasteiger partial charge in [-0.3, -0.25) is 4.79 Å². The van der Waals surface area contributed by atoms with Crippen LogP contribution in [0.1, 0.15) is 39.0 Å². The van der Waals surface area contributed by atoms with Crippen molar-refractivity contribution in [2.45, 2.75) is 48.6 Å². The number of carbonyl (C=O) groups is 1. The summed E-state index contributed by atoms with van der Waals surface area (Å²) in [6.07, 6.45) is 6.41. The summed E-state index contributed by atoms with van der Waals surface area (Å²) in [5.74, 6) is 0.734. The minimum atomic E-state index is -0.173. The van der Waals surface area contributed by atoms with E-state index in [1.54, 1.807) is 4.68 Å². The molecule has 7 heteroatoms. The van der Waals surface area contributed by atoms with Gasteiger partial charge in [0.25, 0.3) is 0 Å². The lowest BCUT2D eigenvalue weighted by Gasteiger charge is -2.22. The number of amides is 1. The topological polar surface area (TPSA) is 46.9 Å². The molecule has 1 aromatic heterocycles. The van der Waals surface area contributed by atoms with Crippen LogP contribution >= 0.6 is 35.3 Å². The predicted octanol–water partition coefficient (Wildman–Crippen LogP) is 4.84. The zero-order valence-electron chi connectivity index (χ0n) is 14.3. The smallest absolute Gasteiger partial charge is 0.233 e. The van der Waals surface area contributed by atoms with Crippen molar-refractivity contribution in [1.82, 2.24) is 15.1 Å². The molecule has 25 heavy (non-hydrogen) atoms. The predicted molar refractivity (Wildman–Crippen MR) is 107 cm³/mol. The molecule has 0 unspecified atom stereocenters. The Hall–Kier alpha value is -1.18. The third-order valence-corrected chi connectivity index (χ3v) is 6.88. The van der Waals surface area contributed by atoms with E-state index < -0.39 is 0 Å². The highest BCUT2D eigenvalue weighted by Gasteiger charge is 2.19. The fourth-order valence-electron chi connectivity index (χ4n) is 3.03. The first kappa shape index (κ1) is 18.6. The number of hydrogen-bond acceptors (Lipinski definition) is 5. The standard InChI is InChI=1S/C18H23N3OS3/c1-13(16(22)19-12-14-8-4-2-5-9-14)24-17-20-21(18(23)25-17)15-10-6-3-7-11-15/h3,6-7,10-11,13-14H,2,4-5,8-9,12H2,1H3,(H,19,22)/t13-/m1/s1. The van der Waals surface area contributed by atoms with E-state index in [2.05, 4.69) is 10.4 Å². The van der Waals surface area contributed by atoms with Crippen LogP contribution in [-0.2, 0) is 4.79 Å². The number of rotatable bonds is 6. The molecule has 1 aromatic carbocycles. The molecule has 2 aromatic rings. The molecule has 1 heterocycles. The molecule has 1 amide bonds. The number of hydrogen-bond donors (Lipinski definition) is 1. The third kappa shape index (κ3) is 5.15. The van der Waals surface area contributed by atoms with Gasteiger partial charge in [0, 0.05) is 6.54 Å². The van der Waals surface area contributed by atoms with Crippen LogP contribution in [-0.4, -0.2) is 27.5 Å². The van der Waals surface area contributed by atoms with E-state index in [1.165, 1.54) is 55.2 Å². The number of nitrogens with one attached hydrogen (secondary N) is 1. The van der Waals surface area contributed by atoms with Gasteiger partial charge in [0.05, 0.1) is 10.9 Å². The third-order valence-electron chi connectivity index (χ3n) is 4.47. The average molecular weight is 394 g/mol. The molecule has 0 aliphatic heterocycles. The molecule has 3 rings (SSSR count).